The third-order valence-corrected chi connectivity index (χ3v) is 4.28. The Morgan fingerprint density at radius 3 is 2.44 bits per heavy atom. The minimum absolute atomic E-state index is 0.512. The average molecular weight is 256 g/mol. The first-order valence-electron chi connectivity index (χ1n) is 7.68. The zero-order valence-corrected chi connectivity index (χ0v) is 12.6. The predicted octanol–water partition coefficient (Wildman–Crippen LogP) is 2.51. The van der Waals surface area contributed by atoms with E-state index in [1.807, 2.05) is 0 Å². The highest BCUT2D eigenvalue weighted by Gasteiger charge is 2.32. The predicted molar refractivity (Wildman–Crippen MR) is 78.1 cm³/mol. The van der Waals surface area contributed by atoms with Crippen LogP contribution in [0.5, 0.6) is 0 Å². The van der Waals surface area contributed by atoms with Gasteiger partial charge in [-0.1, -0.05) is 33.1 Å². The third-order valence-electron chi connectivity index (χ3n) is 4.28. The largest absolute Gasteiger partial charge is 0.383 e. The summed E-state index contributed by atoms with van der Waals surface area (Å²) in [4.78, 5) is 2.56. The first kappa shape index (κ1) is 15.9. The second kappa shape index (κ2) is 8.89. The van der Waals surface area contributed by atoms with E-state index in [0.29, 0.717) is 5.41 Å². The summed E-state index contributed by atoms with van der Waals surface area (Å²) in [5, 5.41) is 3.59. The molecule has 1 aliphatic rings. The van der Waals surface area contributed by atoms with Crippen LogP contribution >= 0.6 is 0 Å². The van der Waals surface area contributed by atoms with Gasteiger partial charge in [-0.15, -0.1) is 0 Å². The normalized spacial score (nSPS) is 19.3. The lowest BCUT2D eigenvalue weighted by Crippen LogP contribution is -2.46. The van der Waals surface area contributed by atoms with E-state index in [0.717, 1.165) is 26.2 Å². The van der Waals surface area contributed by atoms with E-state index in [2.05, 4.69) is 24.1 Å². The van der Waals surface area contributed by atoms with E-state index < -0.39 is 0 Å². The number of likely N-dealkylation sites (N-methyl/N-ethyl adjacent to an activating group) is 1. The maximum atomic E-state index is 5.22. The Hall–Kier alpha value is -0.120. The molecule has 0 radical (unpaired) electrons. The minimum atomic E-state index is 0.512. The molecule has 1 aliphatic carbocycles. The van der Waals surface area contributed by atoms with Crippen LogP contribution in [0.1, 0.15) is 46.0 Å². The molecule has 0 aromatic rings. The van der Waals surface area contributed by atoms with Gasteiger partial charge >= 0.3 is 0 Å². The number of nitrogens with one attached hydrogen (secondary N) is 1. The van der Waals surface area contributed by atoms with Crippen LogP contribution in [0.15, 0.2) is 0 Å². The lowest BCUT2D eigenvalue weighted by atomic mass is 9.73. The number of ether oxygens (including phenoxy) is 1. The molecule has 0 spiro atoms. The van der Waals surface area contributed by atoms with Crippen LogP contribution in [0, 0.1) is 5.41 Å². The first-order valence-corrected chi connectivity index (χ1v) is 7.68. The summed E-state index contributed by atoms with van der Waals surface area (Å²) in [6.45, 7) is 11.0. The summed E-state index contributed by atoms with van der Waals surface area (Å²) < 4.78 is 5.22. The second-order valence-corrected chi connectivity index (χ2v) is 5.70. The van der Waals surface area contributed by atoms with Crippen molar-refractivity contribution in [2.24, 2.45) is 5.41 Å². The molecule has 0 aliphatic heterocycles. The highest BCUT2D eigenvalue weighted by atomic mass is 16.5. The summed E-state index contributed by atoms with van der Waals surface area (Å²) in [7, 11) is 1.79. The van der Waals surface area contributed by atoms with E-state index in [4.69, 9.17) is 4.74 Å². The van der Waals surface area contributed by atoms with Gasteiger partial charge in [-0.3, -0.25) is 0 Å². The standard InChI is InChI=1S/C15H32N2O/c1-4-16-13-15(9-7-6-8-10-15)14-17(5-2)11-12-18-3/h16H,4-14H2,1-3H3. The van der Waals surface area contributed by atoms with Gasteiger partial charge in [0, 0.05) is 26.7 Å². The monoisotopic (exact) mass is 256 g/mol. The molecule has 0 aromatic carbocycles. The molecular formula is C15H32N2O. The summed E-state index contributed by atoms with van der Waals surface area (Å²) in [5.41, 5.74) is 0.512. The van der Waals surface area contributed by atoms with Crippen LogP contribution in [0.2, 0.25) is 0 Å². The summed E-state index contributed by atoms with van der Waals surface area (Å²) in [6, 6.07) is 0. The smallest absolute Gasteiger partial charge is 0.0589 e. The lowest BCUT2D eigenvalue weighted by molar-refractivity contribution is 0.0824. The van der Waals surface area contributed by atoms with Crippen molar-refractivity contribution in [3.05, 3.63) is 0 Å². The van der Waals surface area contributed by atoms with Crippen molar-refractivity contribution in [2.45, 2.75) is 46.0 Å². The van der Waals surface area contributed by atoms with Gasteiger partial charge in [-0.2, -0.15) is 0 Å². The van der Waals surface area contributed by atoms with Gasteiger partial charge in [-0.25, -0.2) is 0 Å². The third kappa shape index (κ3) is 5.25. The Bertz CT molecular complexity index is 203. The van der Waals surface area contributed by atoms with Gasteiger partial charge in [0.2, 0.25) is 0 Å². The summed E-state index contributed by atoms with van der Waals surface area (Å²) in [5.74, 6) is 0. The van der Waals surface area contributed by atoms with Crippen molar-refractivity contribution in [3.8, 4) is 0 Å². The molecule has 3 nitrogen and oxygen atoms in total. The van der Waals surface area contributed by atoms with Gasteiger partial charge in [0.25, 0.3) is 0 Å². The van der Waals surface area contributed by atoms with Crippen molar-refractivity contribution in [3.63, 3.8) is 0 Å². The Morgan fingerprint density at radius 1 is 1.17 bits per heavy atom. The van der Waals surface area contributed by atoms with Crippen LogP contribution in [-0.4, -0.2) is 51.3 Å². The number of hydrogen-bond acceptors (Lipinski definition) is 3. The van der Waals surface area contributed by atoms with E-state index >= 15 is 0 Å². The molecule has 0 unspecified atom stereocenters. The van der Waals surface area contributed by atoms with E-state index in [9.17, 15) is 0 Å². The van der Waals surface area contributed by atoms with Crippen LogP contribution in [-0.2, 0) is 4.74 Å². The SMILES string of the molecule is CCNCC1(CN(CC)CCOC)CCCCC1. The topological polar surface area (TPSA) is 24.5 Å². The molecule has 0 saturated heterocycles. The molecule has 1 N–H and O–H groups in total. The lowest BCUT2D eigenvalue weighted by Gasteiger charge is -2.41. The minimum Gasteiger partial charge on any atom is -0.383 e. The molecule has 0 heterocycles. The number of hydrogen-bond donors (Lipinski definition) is 1. The quantitative estimate of drug-likeness (QED) is 0.686. The zero-order chi connectivity index (χ0) is 13.3. The molecule has 0 aromatic heterocycles. The van der Waals surface area contributed by atoms with Crippen LogP contribution in [0.25, 0.3) is 0 Å². The van der Waals surface area contributed by atoms with Crippen molar-refractivity contribution in [1.82, 2.24) is 10.2 Å². The van der Waals surface area contributed by atoms with Crippen molar-refractivity contribution in [1.29, 1.82) is 0 Å². The van der Waals surface area contributed by atoms with E-state index in [-0.39, 0.29) is 0 Å². The molecule has 0 amide bonds. The maximum absolute atomic E-state index is 5.22. The van der Waals surface area contributed by atoms with Crippen molar-refractivity contribution >= 4 is 0 Å². The molecule has 0 atom stereocenters. The zero-order valence-electron chi connectivity index (χ0n) is 12.6. The molecule has 3 heteroatoms. The molecule has 108 valence electrons. The van der Waals surface area contributed by atoms with Gasteiger partial charge in [0.1, 0.15) is 0 Å². The van der Waals surface area contributed by atoms with Crippen LogP contribution < -0.4 is 5.32 Å². The summed E-state index contributed by atoms with van der Waals surface area (Å²) in [6.07, 6.45) is 7.03. The van der Waals surface area contributed by atoms with Crippen LogP contribution in [0.3, 0.4) is 0 Å². The van der Waals surface area contributed by atoms with Gasteiger partial charge in [0.15, 0.2) is 0 Å². The van der Waals surface area contributed by atoms with E-state index in [1.165, 1.54) is 45.2 Å². The Kier molecular flexibility index (Phi) is 7.87. The van der Waals surface area contributed by atoms with Gasteiger partial charge in [0.05, 0.1) is 6.61 Å². The Morgan fingerprint density at radius 2 is 1.89 bits per heavy atom. The number of nitrogens with zero attached hydrogens (tertiary/aromatic N) is 1. The molecule has 1 fully saturated rings. The average Bonchev–Trinajstić information content (AvgIpc) is 2.42. The van der Waals surface area contributed by atoms with Gasteiger partial charge < -0.3 is 15.0 Å². The fourth-order valence-electron chi connectivity index (χ4n) is 3.13. The van der Waals surface area contributed by atoms with Crippen molar-refractivity contribution < 1.29 is 4.74 Å². The molecular weight excluding hydrogens is 224 g/mol. The molecule has 0 bridgehead atoms. The Balaban J connectivity index is 2.52. The van der Waals surface area contributed by atoms with Crippen LogP contribution in [0.4, 0.5) is 0 Å². The number of rotatable bonds is 9. The first-order chi connectivity index (χ1) is 8.76. The fourth-order valence-corrected chi connectivity index (χ4v) is 3.13. The van der Waals surface area contributed by atoms with E-state index in [1.54, 1.807) is 7.11 Å². The molecule has 1 saturated carbocycles. The highest BCUT2D eigenvalue weighted by molar-refractivity contribution is 4.87. The van der Waals surface area contributed by atoms with Gasteiger partial charge in [-0.05, 0) is 31.3 Å². The highest BCUT2D eigenvalue weighted by Crippen LogP contribution is 2.36. The second-order valence-electron chi connectivity index (χ2n) is 5.70. The summed E-state index contributed by atoms with van der Waals surface area (Å²) >= 11 is 0. The number of methoxy groups -OCH3 is 1. The van der Waals surface area contributed by atoms with Crippen molar-refractivity contribution in [2.75, 3.05) is 46.4 Å². The fraction of sp³-hybridized carbons (Fsp3) is 1.00. The maximum Gasteiger partial charge on any atom is 0.0589 e. The molecule has 18 heavy (non-hydrogen) atoms. The Labute approximate surface area is 113 Å². The molecule has 1 rings (SSSR count).